The lowest BCUT2D eigenvalue weighted by Gasteiger charge is -2.50. The van der Waals surface area contributed by atoms with Crippen molar-refractivity contribution >= 4 is 17.2 Å². The summed E-state index contributed by atoms with van der Waals surface area (Å²) in [5.74, 6) is 0.800. The zero-order valence-electron chi connectivity index (χ0n) is 22.7. The van der Waals surface area contributed by atoms with E-state index in [-0.39, 0.29) is 5.41 Å². The van der Waals surface area contributed by atoms with Crippen molar-refractivity contribution in [3.8, 4) is 5.75 Å². The van der Waals surface area contributed by atoms with Gasteiger partial charge < -0.3 is 19.8 Å². The number of likely N-dealkylation sites (tertiary alicyclic amines) is 1. The van der Waals surface area contributed by atoms with Gasteiger partial charge in [0.05, 0.1) is 16.9 Å². The van der Waals surface area contributed by atoms with Crippen LogP contribution < -0.4 is 4.74 Å². The Morgan fingerprint density at radius 3 is 2.58 bits per heavy atom. The van der Waals surface area contributed by atoms with Gasteiger partial charge in [-0.25, -0.2) is 0 Å². The number of nitrogens with zero attached hydrogens (tertiary/aromatic N) is 2. The lowest BCUT2D eigenvalue weighted by molar-refractivity contribution is -0.125. The number of pyridine rings is 1. The molecule has 1 atom stereocenters. The average Bonchev–Trinajstić information content (AvgIpc) is 3.02. The largest absolute Gasteiger partial charge is 0.487 e. The number of halogens is 1. The highest BCUT2D eigenvalue weighted by Gasteiger charge is 2.48. The smallest absolute Gasteiger partial charge is 0.131 e. The van der Waals surface area contributed by atoms with Crippen molar-refractivity contribution in [3.63, 3.8) is 0 Å². The summed E-state index contributed by atoms with van der Waals surface area (Å²) in [6, 6.07) is 17.6. The van der Waals surface area contributed by atoms with Crippen LogP contribution in [0.15, 0.2) is 66.9 Å². The summed E-state index contributed by atoms with van der Waals surface area (Å²) >= 11 is 6.10. The first-order chi connectivity index (χ1) is 18.0. The highest BCUT2D eigenvalue weighted by molar-refractivity contribution is 6.30. The van der Waals surface area contributed by atoms with Gasteiger partial charge >= 0.3 is 0 Å². The molecule has 2 aliphatic heterocycles. The topological polar surface area (TPSA) is 65.8 Å². The Hall–Kier alpha value is -2.70. The van der Waals surface area contributed by atoms with E-state index in [0.717, 1.165) is 65.3 Å². The Kier molecular flexibility index (Phi) is 7.16. The standard InChI is InChI=1S/C32H37ClN2O3/c1-30(2)21-35(18-15-32(30,37)22-9-12-24(33)13-10-22)17-6-8-25-26-7-5-16-34-28(26)20-38-29-14-11-23(19-27(25)29)31(3,4)36/h5,7-14,16,19,36-37H,6,15,17-18,20-21H2,1-4H3/b25-8-/t32-/m0/s1. The SMILES string of the molecule is CC(C)(O)c1ccc2c(c1)/C(=C\CCN1CC[C@](O)(c3ccc(Cl)cc3)C(C)(C)C1)c1cccnc1CO2. The summed E-state index contributed by atoms with van der Waals surface area (Å²) in [5.41, 5.74) is 3.63. The molecule has 0 aliphatic carbocycles. The number of piperidine rings is 1. The van der Waals surface area contributed by atoms with E-state index in [1.807, 2.05) is 48.5 Å². The quantitative estimate of drug-likeness (QED) is 0.404. The monoisotopic (exact) mass is 532 g/mol. The van der Waals surface area contributed by atoms with Crippen LogP contribution in [-0.4, -0.2) is 39.7 Å². The molecule has 2 aromatic carbocycles. The summed E-state index contributed by atoms with van der Waals surface area (Å²) in [6.07, 6.45) is 5.58. The first-order valence-corrected chi connectivity index (χ1v) is 13.7. The summed E-state index contributed by atoms with van der Waals surface area (Å²) in [4.78, 5) is 7.03. The number of hydrogen-bond acceptors (Lipinski definition) is 5. The molecular weight excluding hydrogens is 496 g/mol. The number of ether oxygens (including phenoxy) is 1. The van der Waals surface area contributed by atoms with Gasteiger partial charge in [0.2, 0.25) is 0 Å². The van der Waals surface area contributed by atoms with E-state index in [9.17, 15) is 10.2 Å². The molecule has 0 spiro atoms. The predicted molar refractivity (Wildman–Crippen MR) is 152 cm³/mol. The molecule has 5 nitrogen and oxygen atoms in total. The number of aromatic nitrogens is 1. The van der Waals surface area contributed by atoms with Crippen molar-refractivity contribution in [3.05, 3.63) is 99.8 Å². The van der Waals surface area contributed by atoms with E-state index in [0.29, 0.717) is 18.1 Å². The van der Waals surface area contributed by atoms with Gasteiger partial charge in [-0.2, -0.15) is 0 Å². The van der Waals surface area contributed by atoms with Crippen molar-refractivity contribution in [1.82, 2.24) is 9.88 Å². The molecule has 3 heterocycles. The van der Waals surface area contributed by atoms with Crippen LogP contribution in [-0.2, 0) is 17.8 Å². The zero-order chi connectivity index (χ0) is 27.1. The number of hydrogen-bond donors (Lipinski definition) is 2. The molecule has 2 N–H and O–H groups in total. The van der Waals surface area contributed by atoms with E-state index in [2.05, 4.69) is 35.9 Å². The molecule has 3 aromatic rings. The van der Waals surface area contributed by atoms with Gasteiger partial charge in [0.25, 0.3) is 0 Å². The maximum atomic E-state index is 11.7. The van der Waals surface area contributed by atoms with Crippen LogP contribution >= 0.6 is 11.6 Å². The van der Waals surface area contributed by atoms with Crippen LogP contribution in [0.1, 0.15) is 68.5 Å². The van der Waals surface area contributed by atoms with Gasteiger partial charge in [0, 0.05) is 47.4 Å². The van der Waals surface area contributed by atoms with Crippen molar-refractivity contribution in [2.45, 2.75) is 58.3 Å². The molecule has 1 aromatic heterocycles. The molecule has 38 heavy (non-hydrogen) atoms. The molecule has 1 fully saturated rings. The van der Waals surface area contributed by atoms with Crippen molar-refractivity contribution < 1.29 is 14.9 Å². The number of aliphatic hydroxyl groups is 2. The summed E-state index contributed by atoms with van der Waals surface area (Å²) < 4.78 is 6.14. The van der Waals surface area contributed by atoms with Crippen LogP contribution in [0.2, 0.25) is 5.02 Å². The summed E-state index contributed by atoms with van der Waals surface area (Å²) in [7, 11) is 0. The minimum absolute atomic E-state index is 0.326. The minimum atomic E-state index is -0.954. The van der Waals surface area contributed by atoms with E-state index < -0.39 is 11.2 Å². The average molecular weight is 533 g/mol. The van der Waals surface area contributed by atoms with Crippen LogP contribution in [0, 0.1) is 5.41 Å². The van der Waals surface area contributed by atoms with Crippen LogP contribution in [0.25, 0.3) is 5.57 Å². The van der Waals surface area contributed by atoms with Crippen LogP contribution in [0.5, 0.6) is 5.75 Å². The second-order valence-corrected chi connectivity index (χ2v) is 12.2. The predicted octanol–water partition coefficient (Wildman–Crippen LogP) is 6.30. The first-order valence-electron chi connectivity index (χ1n) is 13.3. The molecule has 0 saturated carbocycles. The van der Waals surface area contributed by atoms with E-state index >= 15 is 0 Å². The van der Waals surface area contributed by atoms with Gasteiger partial charge in [-0.3, -0.25) is 4.98 Å². The molecule has 0 unspecified atom stereocenters. The van der Waals surface area contributed by atoms with Gasteiger partial charge in [-0.15, -0.1) is 0 Å². The third-order valence-electron chi connectivity index (χ3n) is 8.16. The van der Waals surface area contributed by atoms with E-state index in [1.165, 1.54) is 0 Å². The lowest BCUT2D eigenvalue weighted by Crippen LogP contribution is -2.55. The fraction of sp³-hybridized carbons (Fsp3) is 0.406. The lowest BCUT2D eigenvalue weighted by atomic mass is 9.66. The zero-order valence-corrected chi connectivity index (χ0v) is 23.4. The van der Waals surface area contributed by atoms with Crippen LogP contribution in [0.4, 0.5) is 0 Å². The number of fused-ring (bicyclic) bond motifs is 2. The summed E-state index contributed by atoms with van der Waals surface area (Å²) in [6.45, 7) is 10.8. The van der Waals surface area contributed by atoms with Gasteiger partial charge in [-0.1, -0.05) is 55.8 Å². The van der Waals surface area contributed by atoms with Crippen molar-refractivity contribution in [2.24, 2.45) is 5.41 Å². The third-order valence-corrected chi connectivity index (χ3v) is 8.42. The van der Waals surface area contributed by atoms with Crippen molar-refractivity contribution in [2.75, 3.05) is 19.6 Å². The molecule has 200 valence electrons. The molecule has 0 amide bonds. The second kappa shape index (κ2) is 10.1. The Labute approximate surface area is 230 Å². The molecule has 1 saturated heterocycles. The Bertz CT molecular complexity index is 1340. The Morgan fingerprint density at radius 1 is 1.11 bits per heavy atom. The molecular formula is C32H37ClN2O3. The third kappa shape index (κ3) is 5.13. The fourth-order valence-electron chi connectivity index (χ4n) is 5.83. The van der Waals surface area contributed by atoms with E-state index in [4.69, 9.17) is 16.3 Å². The van der Waals surface area contributed by atoms with E-state index in [1.54, 1.807) is 20.0 Å². The molecule has 6 heteroatoms. The van der Waals surface area contributed by atoms with Crippen molar-refractivity contribution in [1.29, 1.82) is 0 Å². The minimum Gasteiger partial charge on any atom is -0.487 e. The highest BCUT2D eigenvalue weighted by Crippen LogP contribution is 2.46. The maximum Gasteiger partial charge on any atom is 0.131 e. The van der Waals surface area contributed by atoms with Crippen LogP contribution in [0.3, 0.4) is 0 Å². The molecule has 2 aliphatic rings. The normalized spacial score (nSPS) is 22.3. The number of benzene rings is 2. The molecule has 0 bridgehead atoms. The van der Waals surface area contributed by atoms with Gasteiger partial charge in [0.15, 0.2) is 0 Å². The second-order valence-electron chi connectivity index (χ2n) is 11.7. The Morgan fingerprint density at radius 2 is 1.87 bits per heavy atom. The first kappa shape index (κ1) is 26.9. The number of rotatable bonds is 5. The molecule has 5 rings (SSSR count). The summed E-state index contributed by atoms with van der Waals surface area (Å²) in [5, 5.41) is 23.1. The molecule has 0 radical (unpaired) electrons. The highest BCUT2D eigenvalue weighted by atomic mass is 35.5. The van der Waals surface area contributed by atoms with Gasteiger partial charge in [0.1, 0.15) is 12.4 Å². The maximum absolute atomic E-state index is 11.7. The fourth-order valence-corrected chi connectivity index (χ4v) is 5.95. The Balaban J connectivity index is 1.39. The van der Waals surface area contributed by atoms with Gasteiger partial charge in [-0.05, 0) is 73.7 Å².